The molecule has 7 N–H and O–H groups in total. The second-order valence-corrected chi connectivity index (χ2v) is 7.75. The van der Waals surface area contributed by atoms with Gasteiger partial charge in [0.05, 0.1) is 22.8 Å². The number of hydrogen-bond acceptors (Lipinski definition) is 5. The third-order valence-electron chi connectivity index (χ3n) is 4.96. The normalized spacial score (nSPS) is 12.0. The van der Waals surface area contributed by atoms with Crippen LogP contribution in [-0.2, 0) is 0 Å². The highest BCUT2D eigenvalue weighted by Crippen LogP contribution is 2.28. The smallest absolute Gasteiger partial charge is 0.316 e. The summed E-state index contributed by atoms with van der Waals surface area (Å²) in [6, 6.07) is 11.4. The fourth-order valence-corrected chi connectivity index (χ4v) is 3.72. The van der Waals surface area contributed by atoms with Gasteiger partial charge in [0.15, 0.2) is 0 Å². The van der Waals surface area contributed by atoms with Gasteiger partial charge in [-0.05, 0) is 48.4 Å². The molecule has 4 aromatic rings. The summed E-state index contributed by atoms with van der Waals surface area (Å²) in [6.07, 6.45) is 0.684. The van der Waals surface area contributed by atoms with Crippen molar-refractivity contribution in [2.75, 3.05) is 17.2 Å². The molecule has 164 valence electrons. The van der Waals surface area contributed by atoms with E-state index in [1.165, 1.54) is 6.20 Å². The number of anilines is 2. The number of aromatic nitrogens is 3. The van der Waals surface area contributed by atoms with Crippen molar-refractivity contribution in [3.63, 3.8) is 0 Å². The van der Waals surface area contributed by atoms with Crippen LogP contribution >= 0.6 is 11.6 Å². The molecule has 0 spiro atoms. The third kappa shape index (κ3) is 4.43. The summed E-state index contributed by atoms with van der Waals surface area (Å²) in [6.45, 7) is 2.00. The highest BCUT2D eigenvalue weighted by molar-refractivity contribution is 6.30. The molecule has 2 heterocycles. The molecule has 2 amide bonds. The molecular weight excluding hydrogens is 432 g/mol. The molecular formula is C22H21ClN6O3. The van der Waals surface area contributed by atoms with E-state index in [1.54, 1.807) is 42.5 Å². The second kappa shape index (κ2) is 8.74. The van der Waals surface area contributed by atoms with E-state index in [4.69, 9.17) is 17.3 Å². The molecule has 4 rings (SSSR count). The molecule has 2 aromatic carbocycles. The quantitative estimate of drug-likeness (QED) is 0.264. The van der Waals surface area contributed by atoms with Crippen molar-refractivity contribution in [1.29, 1.82) is 0 Å². The molecule has 0 saturated carbocycles. The lowest BCUT2D eigenvalue weighted by Crippen LogP contribution is -2.19. The number of rotatable bonds is 6. The molecule has 9 nitrogen and oxygen atoms in total. The lowest BCUT2D eigenvalue weighted by molar-refractivity contribution is 0.191. The summed E-state index contributed by atoms with van der Waals surface area (Å²) in [7, 11) is 0. The number of nitrogens with one attached hydrogen (secondary N) is 4. The molecule has 0 radical (unpaired) electrons. The number of imidazole rings is 1. The maximum atomic E-state index is 12.7. The van der Waals surface area contributed by atoms with Crippen LogP contribution in [0.2, 0.25) is 5.02 Å². The first kappa shape index (κ1) is 21.4. The monoisotopic (exact) mass is 452 g/mol. The Bertz CT molecular complexity index is 1360. The van der Waals surface area contributed by atoms with Crippen LogP contribution in [0.1, 0.15) is 17.2 Å². The fourth-order valence-electron chi connectivity index (χ4n) is 3.52. The van der Waals surface area contributed by atoms with Gasteiger partial charge in [0.1, 0.15) is 11.4 Å². The summed E-state index contributed by atoms with van der Waals surface area (Å²) in [5.41, 5.74) is 8.92. The molecule has 0 bridgehead atoms. The lowest BCUT2D eigenvalue weighted by Gasteiger charge is -2.15. The largest absolute Gasteiger partial charge is 0.387 e. The van der Waals surface area contributed by atoms with Gasteiger partial charge in [0, 0.05) is 23.5 Å². The molecule has 2 aromatic heterocycles. The molecule has 32 heavy (non-hydrogen) atoms. The van der Waals surface area contributed by atoms with Crippen molar-refractivity contribution >= 4 is 40.0 Å². The Hall–Kier alpha value is -3.82. The molecule has 0 aliphatic heterocycles. The van der Waals surface area contributed by atoms with Crippen LogP contribution < -0.4 is 21.9 Å². The predicted molar refractivity (Wildman–Crippen MR) is 125 cm³/mol. The van der Waals surface area contributed by atoms with Crippen LogP contribution in [0.25, 0.3) is 22.4 Å². The van der Waals surface area contributed by atoms with E-state index in [-0.39, 0.29) is 12.1 Å². The van der Waals surface area contributed by atoms with Gasteiger partial charge in [-0.3, -0.25) is 4.79 Å². The van der Waals surface area contributed by atoms with Gasteiger partial charge in [0.25, 0.3) is 5.56 Å². The average Bonchev–Trinajstić information content (AvgIpc) is 3.15. The average molecular weight is 453 g/mol. The number of H-pyrrole nitrogens is 2. The van der Waals surface area contributed by atoms with Gasteiger partial charge in [0.2, 0.25) is 0 Å². The van der Waals surface area contributed by atoms with Crippen molar-refractivity contribution < 1.29 is 9.90 Å². The van der Waals surface area contributed by atoms with E-state index in [9.17, 15) is 14.7 Å². The Labute approximate surface area is 187 Å². The van der Waals surface area contributed by atoms with Crippen LogP contribution in [-0.4, -0.2) is 32.6 Å². The van der Waals surface area contributed by atoms with E-state index in [2.05, 4.69) is 25.6 Å². The number of nitrogens with zero attached hydrogens (tertiary/aromatic N) is 1. The standard InChI is InChI=1S/C22H21ClN6O3/c1-11-7-14(27-22(24)32)9-16-19(11)29-20(28-16)18-15(5-6-25-21(18)31)26-10-17(30)12-3-2-4-13(23)8-12/h2-9,17,30H,10H2,1H3,(H,28,29)(H3,24,27,32)(H2,25,26,31). The molecule has 0 aliphatic carbocycles. The minimum atomic E-state index is -0.832. The lowest BCUT2D eigenvalue weighted by atomic mass is 10.1. The molecule has 0 fully saturated rings. The predicted octanol–water partition coefficient (Wildman–Crippen LogP) is 3.52. The number of carbonyl (C=O) groups excluding carboxylic acids is 1. The van der Waals surface area contributed by atoms with Crippen LogP contribution in [0, 0.1) is 6.92 Å². The minimum absolute atomic E-state index is 0.155. The first-order chi connectivity index (χ1) is 15.3. The Morgan fingerprint density at radius 1 is 1.28 bits per heavy atom. The van der Waals surface area contributed by atoms with Gasteiger partial charge in [-0.2, -0.15) is 0 Å². The fraction of sp³-hybridized carbons (Fsp3) is 0.136. The highest BCUT2D eigenvalue weighted by atomic mass is 35.5. The number of aliphatic hydroxyl groups is 1. The zero-order chi connectivity index (χ0) is 22.8. The molecule has 0 saturated heterocycles. The maximum Gasteiger partial charge on any atom is 0.316 e. The highest BCUT2D eigenvalue weighted by Gasteiger charge is 2.17. The van der Waals surface area contributed by atoms with Crippen molar-refractivity contribution in [2.24, 2.45) is 5.73 Å². The van der Waals surface area contributed by atoms with Crippen LogP contribution in [0.5, 0.6) is 0 Å². The van der Waals surface area contributed by atoms with Crippen molar-refractivity contribution in [3.05, 3.63) is 75.2 Å². The molecule has 1 atom stereocenters. The Kier molecular flexibility index (Phi) is 5.85. The number of aromatic amines is 2. The van der Waals surface area contributed by atoms with Crippen molar-refractivity contribution in [1.82, 2.24) is 15.0 Å². The van der Waals surface area contributed by atoms with Crippen LogP contribution in [0.15, 0.2) is 53.5 Å². The van der Waals surface area contributed by atoms with Gasteiger partial charge >= 0.3 is 6.03 Å². The second-order valence-electron chi connectivity index (χ2n) is 7.31. The van der Waals surface area contributed by atoms with E-state index in [0.29, 0.717) is 44.4 Å². The number of amides is 2. The third-order valence-corrected chi connectivity index (χ3v) is 5.20. The summed E-state index contributed by atoms with van der Waals surface area (Å²) < 4.78 is 0. The van der Waals surface area contributed by atoms with Gasteiger partial charge in [-0.25, -0.2) is 9.78 Å². The summed E-state index contributed by atoms with van der Waals surface area (Å²) in [5, 5.41) is 16.7. The number of halogens is 1. The summed E-state index contributed by atoms with van der Waals surface area (Å²) in [4.78, 5) is 34.2. The number of aliphatic hydroxyl groups excluding tert-OH is 1. The number of aryl methyl sites for hydroxylation is 1. The van der Waals surface area contributed by atoms with Gasteiger partial charge in [-0.1, -0.05) is 23.7 Å². The Morgan fingerprint density at radius 3 is 2.84 bits per heavy atom. The number of primary amides is 1. The topological polar surface area (TPSA) is 149 Å². The number of pyridine rings is 1. The summed E-state index contributed by atoms with van der Waals surface area (Å²) in [5.74, 6) is 0.348. The molecule has 0 aliphatic rings. The minimum Gasteiger partial charge on any atom is -0.387 e. The van der Waals surface area contributed by atoms with Gasteiger partial charge < -0.3 is 31.4 Å². The number of benzene rings is 2. The zero-order valence-corrected chi connectivity index (χ0v) is 17.8. The van der Waals surface area contributed by atoms with Gasteiger partial charge in [-0.15, -0.1) is 0 Å². The van der Waals surface area contributed by atoms with E-state index in [0.717, 1.165) is 5.56 Å². The van der Waals surface area contributed by atoms with Crippen molar-refractivity contribution in [3.8, 4) is 11.4 Å². The first-order valence-corrected chi connectivity index (χ1v) is 10.2. The molecule has 10 heteroatoms. The van der Waals surface area contributed by atoms with E-state index in [1.807, 2.05) is 6.92 Å². The zero-order valence-electron chi connectivity index (χ0n) is 17.1. The number of fused-ring (bicyclic) bond motifs is 1. The number of hydrogen-bond donors (Lipinski definition) is 6. The maximum absolute atomic E-state index is 12.7. The van der Waals surface area contributed by atoms with Crippen molar-refractivity contribution in [2.45, 2.75) is 13.0 Å². The first-order valence-electron chi connectivity index (χ1n) is 9.78. The number of nitrogens with two attached hydrogens (primary N) is 1. The SMILES string of the molecule is Cc1cc(NC(N)=O)cc2[nH]c(-c3c(NCC(O)c4cccc(Cl)c4)cc[nH]c3=O)nc12. The Balaban J connectivity index is 1.67. The number of urea groups is 1. The van der Waals surface area contributed by atoms with E-state index >= 15 is 0 Å². The Morgan fingerprint density at radius 2 is 2.09 bits per heavy atom. The van der Waals surface area contributed by atoms with E-state index < -0.39 is 12.1 Å². The number of carbonyl (C=O) groups is 1. The van der Waals surface area contributed by atoms with Crippen LogP contribution in [0.4, 0.5) is 16.2 Å². The molecule has 1 unspecified atom stereocenters. The summed E-state index contributed by atoms with van der Waals surface area (Å²) >= 11 is 6.00. The van der Waals surface area contributed by atoms with Crippen LogP contribution in [0.3, 0.4) is 0 Å².